The molecule has 1 aliphatic heterocycles. The number of likely N-dealkylation sites (tertiary alicyclic amines) is 1. The Morgan fingerprint density at radius 1 is 1.40 bits per heavy atom. The van der Waals surface area contributed by atoms with Crippen molar-refractivity contribution in [3.8, 4) is 0 Å². The third-order valence-corrected chi connectivity index (χ3v) is 5.64. The van der Waals surface area contributed by atoms with E-state index in [-0.39, 0.29) is 6.04 Å². The lowest BCUT2D eigenvalue weighted by atomic mass is 9.95. The minimum Gasteiger partial charge on any atom is -0.451 e. The molecule has 1 aromatic heterocycles. The van der Waals surface area contributed by atoms with Gasteiger partial charge in [-0.1, -0.05) is 0 Å². The highest BCUT2D eigenvalue weighted by Crippen LogP contribution is 2.33. The third-order valence-electron chi connectivity index (χ3n) is 3.93. The molecule has 0 spiro atoms. The monoisotopic (exact) mass is 407 g/mol. The van der Waals surface area contributed by atoms with Crippen LogP contribution >= 0.6 is 31.9 Å². The maximum Gasteiger partial charge on any atom is 0.183 e. The average Bonchev–Trinajstić information content (AvgIpc) is 2.72. The molecule has 1 atom stereocenters. The van der Waals surface area contributed by atoms with Crippen molar-refractivity contribution >= 4 is 31.9 Å². The van der Waals surface area contributed by atoms with Crippen LogP contribution in [0.15, 0.2) is 19.6 Å². The van der Waals surface area contributed by atoms with E-state index in [1.54, 1.807) is 0 Å². The zero-order valence-corrected chi connectivity index (χ0v) is 15.3. The maximum atomic E-state index is 5.97. The molecule has 0 saturated carbocycles. The van der Waals surface area contributed by atoms with Crippen molar-refractivity contribution in [2.24, 2.45) is 11.7 Å². The number of hydrogen-bond donors (Lipinski definition) is 1. The minimum atomic E-state index is 0.179. The molecule has 1 saturated heterocycles. The minimum absolute atomic E-state index is 0.179. The Morgan fingerprint density at radius 2 is 2.05 bits per heavy atom. The van der Waals surface area contributed by atoms with Crippen LogP contribution in [-0.4, -0.2) is 50.1 Å². The van der Waals surface area contributed by atoms with Gasteiger partial charge < -0.3 is 15.1 Å². The first kappa shape index (κ1) is 16.5. The summed E-state index contributed by atoms with van der Waals surface area (Å²) in [6.45, 7) is 3.95. The van der Waals surface area contributed by atoms with Gasteiger partial charge >= 0.3 is 0 Å². The predicted octanol–water partition coefficient (Wildman–Crippen LogP) is 3.08. The lowest BCUT2D eigenvalue weighted by molar-refractivity contribution is 0.111. The fraction of sp³-hybridized carbons (Fsp3) is 0.714. The number of rotatable bonds is 5. The van der Waals surface area contributed by atoms with E-state index in [0.717, 1.165) is 33.9 Å². The molecule has 1 aromatic rings. The lowest BCUT2D eigenvalue weighted by Crippen LogP contribution is -2.41. The summed E-state index contributed by atoms with van der Waals surface area (Å²) in [6, 6.07) is 2.20. The Hall–Kier alpha value is 0.120. The number of nitrogens with two attached hydrogens (primary N) is 1. The topological polar surface area (TPSA) is 45.6 Å². The molecule has 20 heavy (non-hydrogen) atoms. The molecule has 2 N–H and O–H groups in total. The summed E-state index contributed by atoms with van der Waals surface area (Å²) in [5.41, 5.74) is 5.97. The van der Waals surface area contributed by atoms with Crippen molar-refractivity contribution in [1.82, 2.24) is 9.80 Å². The van der Waals surface area contributed by atoms with Crippen molar-refractivity contribution in [2.45, 2.75) is 18.9 Å². The number of piperidine rings is 1. The van der Waals surface area contributed by atoms with Crippen LogP contribution in [0.5, 0.6) is 0 Å². The summed E-state index contributed by atoms with van der Waals surface area (Å²) in [5.74, 6) is 1.74. The Morgan fingerprint density at radius 3 is 2.50 bits per heavy atom. The van der Waals surface area contributed by atoms with Crippen molar-refractivity contribution in [1.29, 1.82) is 0 Å². The number of halogens is 2. The van der Waals surface area contributed by atoms with Crippen molar-refractivity contribution in [2.75, 3.05) is 40.3 Å². The molecule has 0 radical (unpaired) electrons. The van der Waals surface area contributed by atoms with Crippen LogP contribution in [0.1, 0.15) is 24.6 Å². The highest BCUT2D eigenvalue weighted by molar-refractivity contribution is 9.13. The SMILES string of the molecule is CN(C)CC1CCN(C(CN)c2cc(Br)c(Br)o2)CC1. The predicted molar refractivity (Wildman–Crippen MR) is 88.8 cm³/mol. The van der Waals surface area contributed by atoms with E-state index in [2.05, 4.69) is 55.8 Å². The number of nitrogens with zero attached hydrogens (tertiary/aromatic N) is 2. The van der Waals surface area contributed by atoms with E-state index in [1.165, 1.54) is 19.4 Å². The molecule has 0 bridgehead atoms. The molecule has 1 aliphatic rings. The first-order valence-electron chi connectivity index (χ1n) is 7.04. The van der Waals surface area contributed by atoms with Crippen LogP contribution in [0.2, 0.25) is 0 Å². The van der Waals surface area contributed by atoms with Gasteiger partial charge in [0.15, 0.2) is 4.67 Å². The van der Waals surface area contributed by atoms with E-state index < -0.39 is 0 Å². The fourth-order valence-electron chi connectivity index (χ4n) is 2.94. The second-order valence-electron chi connectivity index (χ2n) is 5.76. The summed E-state index contributed by atoms with van der Waals surface area (Å²) in [5, 5.41) is 0. The highest BCUT2D eigenvalue weighted by Gasteiger charge is 2.28. The molecule has 0 aliphatic carbocycles. The Labute approximate surface area is 137 Å². The molecule has 6 heteroatoms. The van der Waals surface area contributed by atoms with Gasteiger partial charge in [-0.15, -0.1) is 0 Å². The number of furan rings is 1. The van der Waals surface area contributed by atoms with Crippen LogP contribution in [0.3, 0.4) is 0 Å². The van der Waals surface area contributed by atoms with Crippen LogP contribution in [0.4, 0.5) is 0 Å². The van der Waals surface area contributed by atoms with Crippen molar-refractivity contribution in [3.05, 3.63) is 21.0 Å². The van der Waals surface area contributed by atoms with E-state index in [1.807, 2.05) is 6.07 Å². The second kappa shape index (κ2) is 7.40. The van der Waals surface area contributed by atoms with Crippen molar-refractivity contribution < 1.29 is 4.42 Å². The Bertz CT molecular complexity index is 409. The molecule has 2 rings (SSSR count). The smallest absolute Gasteiger partial charge is 0.183 e. The van der Waals surface area contributed by atoms with Crippen LogP contribution in [0.25, 0.3) is 0 Å². The van der Waals surface area contributed by atoms with E-state index in [9.17, 15) is 0 Å². The molecule has 1 fully saturated rings. The maximum absolute atomic E-state index is 5.97. The summed E-state index contributed by atoms with van der Waals surface area (Å²) < 4.78 is 7.45. The van der Waals surface area contributed by atoms with Gasteiger partial charge in [0, 0.05) is 13.1 Å². The highest BCUT2D eigenvalue weighted by atomic mass is 79.9. The van der Waals surface area contributed by atoms with Gasteiger partial charge in [0.1, 0.15) is 5.76 Å². The van der Waals surface area contributed by atoms with Crippen LogP contribution in [0, 0.1) is 5.92 Å². The van der Waals surface area contributed by atoms with E-state index in [0.29, 0.717) is 6.54 Å². The molecular weight excluding hydrogens is 386 g/mol. The van der Waals surface area contributed by atoms with E-state index in [4.69, 9.17) is 10.2 Å². The second-order valence-corrected chi connectivity index (χ2v) is 7.34. The average molecular weight is 409 g/mol. The summed E-state index contributed by atoms with van der Waals surface area (Å²) in [4.78, 5) is 4.73. The molecule has 0 amide bonds. The van der Waals surface area contributed by atoms with Crippen molar-refractivity contribution in [3.63, 3.8) is 0 Å². The zero-order chi connectivity index (χ0) is 14.7. The molecule has 114 valence electrons. The quantitative estimate of drug-likeness (QED) is 0.813. The molecule has 4 nitrogen and oxygen atoms in total. The summed E-state index contributed by atoms with van der Waals surface area (Å²) >= 11 is 6.86. The van der Waals surface area contributed by atoms with Gasteiger partial charge in [0.2, 0.25) is 0 Å². The molecule has 0 aromatic carbocycles. The molecular formula is C14H23Br2N3O. The first-order chi connectivity index (χ1) is 9.51. The molecule has 1 unspecified atom stereocenters. The van der Waals surface area contributed by atoms with Crippen LogP contribution in [-0.2, 0) is 0 Å². The Kier molecular flexibility index (Phi) is 6.10. The fourth-order valence-corrected chi connectivity index (χ4v) is 3.54. The first-order valence-corrected chi connectivity index (χ1v) is 8.63. The molecule has 2 heterocycles. The summed E-state index contributed by atoms with van der Waals surface area (Å²) in [6.07, 6.45) is 2.47. The number of hydrogen-bond acceptors (Lipinski definition) is 4. The zero-order valence-electron chi connectivity index (χ0n) is 12.1. The largest absolute Gasteiger partial charge is 0.451 e. The Balaban J connectivity index is 1.96. The summed E-state index contributed by atoms with van der Waals surface area (Å²) in [7, 11) is 4.29. The van der Waals surface area contributed by atoms with Crippen LogP contribution < -0.4 is 5.73 Å². The van der Waals surface area contributed by atoms with E-state index >= 15 is 0 Å². The normalized spacial score (nSPS) is 19.7. The lowest BCUT2D eigenvalue weighted by Gasteiger charge is -2.37. The van der Waals surface area contributed by atoms with Gasteiger partial charge in [-0.2, -0.15) is 0 Å². The van der Waals surface area contributed by atoms with Gasteiger partial charge in [0.05, 0.1) is 10.5 Å². The van der Waals surface area contributed by atoms with Gasteiger partial charge in [-0.05, 0) is 83.9 Å². The third kappa shape index (κ3) is 4.07. The van der Waals surface area contributed by atoms with Gasteiger partial charge in [-0.25, -0.2) is 0 Å². The van der Waals surface area contributed by atoms with Gasteiger partial charge in [0.25, 0.3) is 0 Å². The van der Waals surface area contributed by atoms with Gasteiger partial charge in [-0.3, -0.25) is 4.90 Å². The standard InChI is InChI=1S/C14H23Br2N3O/c1-18(2)9-10-3-5-19(6-4-10)12(8-17)13-7-11(15)14(16)20-13/h7,10,12H,3-6,8-9,17H2,1-2H3.